The van der Waals surface area contributed by atoms with E-state index in [9.17, 15) is 0 Å². The van der Waals surface area contributed by atoms with E-state index in [4.69, 9.17) is 8.83 Å². The topological polar surface area (TPSA) is 51.2 Å². The van der Waals surface area contributed by atoms with E-state index in [2.05, 4.69) is 26.2 Å². The molecule has 2 heterocycles. The number of nitrogens with zero attached hydrogens (tertiary/aromatic N) is 1. The molecule has 0 aliphatic rings. The Morgan fingerprint density at radius 1 is 1.53 bits per heavy atom. The van der Waals surface area contributed by atoms with Gasteiger partial charge >= 0.3 is 0 Å². The zero-order chi connectivity index (χ0) is 10.7. The second kappa shape index (κ2) is 4.63. The van der Waals surface area contributed by atoms with E-state index < -0.39 is 0 Å². The molecule has 15 heavy (non-hydrogen) atoms. The molecule has 2 aromatic rings. The summed E-state index contributed by atoms with van der Waals surface area (Å²) in [4.78, 5) is 4.18. The highest BCUT2D eigenvalue weighted by Crippen LogP contribution is 2.29. The number of hydrogen-bond donors (Lipinski definition) is 1. The maximum atomic E-state index is 5.57. The van der Waals surface area contributed by atoms with E-state index in [1.165, 1.54) is 0 Å². The van der Waals surface area contributed by atoms with Crippen molar-refractivity contribution in [2.75, 3.05) is 13.6 Å². The van der Waals surface area contributed by atoms with E-state index in [1.807, 2.05) is 13.1 Å². The largest absolute Gasteiger partial charge is 0.457 e. The molecule has 0 bridgehead atoms. The summed E-state index contributed by atoms with van der Waals surface area (Å²) in [7, 11) is 1.90. The van der Waals surface area contributed by atoms with Gasteiger partial charge in [-0.05, 0) is 29.0 Å². The first-order valence-corrected chi connectivity index (χ1v) is 5.43. The van der Waals surface area contributed by atoms with Gasteiger partial charge in [0.25, 0.3) is 0 Å². The Morgan fingerprint density at radius 3 is 3.07 bits per heavy atom. The molecule has 2 aromatic heterocycles. The molecule has 80 valence electrons. The summed E-state index contributed by atoms with van der Waals surface area (Å²) >= 11 is 3.30. The van der Waals surface area contributed by atoms with Crippen LogP contribution in [0.3, 0.4) is 0 Å². The lowest BCUT2D eigenvalue weighted by atomic mass is 10.3. The standard InChI is InChI=1S/C10H11BrN2O2/c1-12-4-2-9-13-6-8(15-9)7-3-5-14-10(7)11/h3,5-6,12H,2,4H2,1H3. The molecule has 0 unspecified atom stereocenters. The van der Waals surface area contributed by atoms with Crippen molar-refractivity contribution >= 4 is 15.9 Å². The molecular formula is C10H11BrN2O2. The molecule has 1 N–H and O–H groups in total. The monoisotopic (exact) mass is 270 g/mol. The Labute approximate surface area is 95.8 Å². The van der Waals surface area contributed by atoms with E-state index in [1.54, 1.807) is 12.5 Å². The lowest BCUT2D eigenvalue weighted by Crippen LogP contribution is -2.10. The lowest BCUT2D eigenvalue weighted by molar-refractivity contribution is 0.497. The van der Waals surface area contributed by atoms with Crippen LogP contribution >= 0.6 is 15.9 Å². The maximum absolute atomic E-state index is 5.57. The fourth-order valence-electron chi connectivity index (χ4n) is 1.25. The molecule has 0 aromatic carbocycles. The van der Waals surface area contributed by atoms with Crippen molar-refractivity contribution in [1.82, 2.24) is 10.3 Å². The van der Waals surface area contributed by atoms with Gasteiger partial charge in [-0.25, -0.2) is 4.98 Å². The van der Waals surface area contributed by atoms with Gasteiger partial charge in [0.2, 0.25) is 0 Å². The average molecular weight is 271 g/mol. The van der Waals surface area contributed by atoms with Gasteiger partial charge in [0.1, 0.15) is 0 Å². The van der Waals surface area contributed by atoms with E-state index in [0.717, 1.165) is 30.2 Å². The van der Waals surface area contributed by atoms with Crippen molar-refractivity contribution in [3.8, 4) is 11.3 Å². The predicted molar refractivity (Wildman–Crippen MR) is 59.5 cm³/mol. The molecular weight excluding hydrogens is 260 g/mol. The Morgan fingerprint density at radius 2 is 2.40 bits per heavy atom. The lowest BCUT2D eigenvalue weighted by Gasteiger charge is -1.93. The van der Waals surface area contributed by atoms with Crippen LogP contribution in [0.2, 0.25) is 0 Å². The predicted octanol–water partition coefficient (Wildman–Crippen LogP) is 2.46. The highest BCUT2D eigenvalue weighted by Gasteiger charge is 2.11. The molecule has 0 aliphatic heterocycles. The van der Waals surface area contributed by atoms with Crippen LogP contribution in [0.15, 0.2) is 32.0 Å². The quantitative estimate of drug-likeness (QED) is 0.928. The molecule has 0 atom stereocenters. The van der Waals surface area contributed by atoms with Gasteiger partial charge < -0.3 is 14.2 Å². The van der Waals surface area contributed by atoms with Gasteiger partial charge in [-0.2, -0.15) is 0 Å². The van der Waals surface area contributed by atoms with Crippen molar-refractivity contribution in [3.63, 3.8) is 0 Å². The number of hydrogen-bond acceptors (Lipinski definition) is 4. The van der Waals surface area contributed by atoms with Crippen molar-refractivity contribution in [3.05, 3.63) is 29.1 Å². The van der Waals surface area contributed by atoms with Crippen molar-refractivity contribution in [2.45, 2.75) is 6.42 Å². The minimum absolute atomic E-state index is 0.666. The number of likely N-dealkylation sites (N-methyl/N-ethyl adjacent to an activating group) is 1. The highest BCUT2D eigenvalue weighted by atomic mass is 79.9. The van der Waals surface area contributed by atoms with Crippen molar-refractivity contribution < 1.29 is 8.83 Å². The zero-order valence-corrected chi connectivity index (χ0v) is 9.87. The molecule has 0 saturated heterocycles. The zero-order valence-electron chi connectivity index (χ0n) is 8.29. The number of aromatic nitrogens is 1. The maximum Gasteiger partial charge on any atom is 0.196 e. The Bertz CT molecular complexity index is 436. The summed E-state index contributed by atoms with van der Waals surface area (Å²) in [6.45, 7) is 0.854. The molecule has 0 radical (unpaired) electrons. The molecule has 5 heteroatoms. The number of nitrogens with one attached hydrogen (secondary N) is 1. The molecule has 0 spiro atoms. The minimum atomic E-state index is 0.666. The van der Waals surface area contributed by atoms with Crippen LogP contribution in [0.5, 0.6) is 0 Å². The van der Waals surface area contributed by atoms with Gasteiger partial charge in [-0.15, -0.1) is 0 Å². The van der Waals surface area contributed by atoms with Crippen molar-refractivity contribution in [1.29, 1.82) is 0 Å². The Kier molecular flexibility index (Phi) is 3.23. The molecule has 0 aliphatic carbocycles. The molecule has 0 amide bonds. The Hall–Kier alpha value is -1.07. The highest BCUT2D eigenvalue weighted by molar-refractivity contribution is 9.10. The van der Waals surface area contributed by atoms with E-state index in [0.29, 0.717) is 4.67 Å². The van der Waals surface area contributed by atoms with Crippen LogP contribution in [0, 0.1) is 0 Å². The Balaban J connectivity index is 2.17. The summed E-state index contributed by atoms with van der Waals surface area (Å²) in [5.41, 5.74) is 0.887. The second-order valence-electron chi connectivity index (χ2n) is 3.08. The van der Waals surface area contributed by atoms with Gasteiger partial charge in [0.05, 0.1) is 18.0 Å². The summed E-state index contributed by atoms with van der Waals surface area (Å²) in [6.07, 6.45) is 4.10. The number of oxazole rings is 1. The van der Waals surface area contributed by atoms with Gasteiger partial charge in [-0.3, -0.25) is 0 Å². The second-order valence-corrected chi connectivity index (χ2v) is 3.80. The summed E-state index contributed by atoms with van der Waals surface area (Å²) in [5, 5.41) is 3.04. The smallest absolute Gasteiger partial charge is 0.196 e. The van der Waals surface area contributed by atoms with Crippen LogP contribution in [-0.4, -0.2) is 18.6 Å². The van der Waals surface area contributed by atoms with Gasteiger partial charge in [0, 0.05) is 13.0 Å². The average Bonchev–Trinajstić information content (AvgIpc) is 2.83. The first-order valence-electron chi connectivity index (χ1n) is 4.64. The molecule has 2 rings (SSSR count). The minimum Gasteiger partial charge on any atom is -0.457 e. The first kappa shape index (κ1) is 10.4. The van der Waals surface area contributed by atoms with E-state index in [-0.39, 0.29) is 0 Å². The van der Waals surface area contributed by atoms with Crippen LogP contribution in [-0.2, 0) is 6.42 Å². The third kappa shape index (κ3) is 2.30. The molecule has 4 nitrogen and oxygen atoms in total. The van der Waals surface area contributed by atoms with Crippen molar-refractivity contribution in [2.24, 2.45) is 0 Å². The normalized spacial score (nSPS) is 10.8. The van der Waals surface area contributed by atoms with Gasteiger partial charge in [0.15, 0.2) is 16.3 Å². The SMILES string of the molecule is CNCCc1ncc(-c2ccoc2Br)o1. The van der Waals surface area contributed by atoms with Crippen LogP contribution < -0.4 is 5.32 Å². The number of halogens is 1. The summed E-state index contributed by atoms with van der Waals surface area (Å²) in [6, 6.07) is 1.84. The molecule has 0 fully saturated rings. The fourth-order valence-corrected chi connectivity index (χ4v) is 1.69. The summed E-state index contributed by atoms with van der Waals surface area (Å²) < 4.78 is 11.4. The number of rotatable bonds is 4. The van der Waals surface area contributed by atoms with Crippen LogP contribution in [0.1, 0.15) is 5.89 Å². The number of furan rings is 1. The van der Waals surface area contributed by atoms with Crippen LogP contribution in [0.4, 0.5) is 0 Å². The third-order valence-electron chi connectivity index (χ3n) is 2.03. The third-order valence-corrected chi connectivity index (χ3v) is 2.64. The van der Waals surface area contributed by atoms with Gasteiger partial charge in [-0.1, -0.05) is 0 Å². The fraction of sp³-hybridized carbons (Fsp3) is 0.300. The summed E-state index contributed by atoms with van der Waals surface area (Å²) in [5.74, 6) is 1.45. The van der Waals surface area contributed by atoms with E-state index >= 15 is 0 Å². The van der Waals surface area contributed by atoms with Crippen LogP contribution in [0.25, 0.3) is 11.3 Å². The first-order chi connectivity index (χ1) is 7.31. The molecule has 0 saturated carbocycles.